The minimum atomic E-state index is -5.08. The molecule has 4 rings (SSSR count). The first kappa shape index (κ1) is 31.1. The van der Waals surface area contributed by atoms with Crippen LogP contribution in [0.3, 0.4) is 0 Å². The Balaban J connectivity index is 0.000000587. The maximum absolute atomic E-state index is 12.3. The third kappa shape index (κ3) is 8.79. The van der Waals surface area contributed by atoms with E-state index in [2.05, 4.69) is 52.1 Å². The van der Waals surface area contributed by atoms with Crippen LogP contribution in [-0.2, 0) is 24.2 Å². The number of benzene rings is 2. The van der Waals surface area contributed by atoms with Crippen molar-refractivity contribution in [2.45, 2.75) is 32.5 Å². The second kappa shape index (κ2) is 13.8. The highest BCUT2D eigenvalue weighted by Gasteiger charge is 2.38. The third-order valence-corrected chi connectivity index (χ3v) is 7.30. The number of nitriles is 1. The molecule has 2 heterocycles. The van der Waals surface area contributed by atoms with Crippen LogP contribution in [0.2, 0.25) is 0 Å². The van der Waals surface area contributed by atoms with E-state index < -0.39 is 18.2 Å². The largest absolute Gasteiger partial charge is 0.490 e. The molecule has 0 fully saturated rings. The van der Waals surface area contributed by atoms with E-state index in [1.165, 1.54) is 26.1 Å². The van der Waals surface area contributed by atoms with Crippen LogP contribution in [-0.4, -0.2) is 58.3 Å². The predicted octanol–water partition coefficient (Wildman–Crippen LogP) is 5.24. The van der Waals surface area contributed by atoms with E-state index in [0.717, 1.165) is 30.9 Å². The number of thiophene rings is 1. The summed E-state index contributed by atoms with van der Waals surface area (Å²) in [5.41, 5.74) is 9.51. The molecule has 0 aliphatic heterocycles. The average Bonchev–Trinajstić information content (AvgIpc) is 3.50. The fourth-order valence-electron chi connectivity index (χ4n) is 4.13. The normalized spacial score (nSPS) is 11.1. The molecule has 41 heavy (non-hydrogen) atoms. The molecule has 9 nitrogen and oxygen atoms in total. The summed E-state index contributed by atoms with van der Waals surface area (Å²) in [6, 6.07) is 17.9. The molecule has 0 aliphatic carbocycles. The number of likely N-dealkylation sites (N-methyl/N-ethyl adjacent to an activating group) is 1. The number of alkyl halides is 3. The van der Waals surface area contributed by atoms with Crippen molar-refractivity contribution < 1.29 is 27.9 Å². The SMILES string of the molecule is Cc1sc2ccc(N(CCc3ccccc3)C(N)=O)cc2c1CCN(C)Cc1ncc(C#N)[nH]1.O=C(O)C(F)(F)F. The lowest BCUT2D eigenvalue weighted by Crippen LogP contribution is -2.37. The standard InChI is InChI=1S/C26H28N6OS.C2HF3O2/c1-18-22(11-12-31(2)17-25-29-16-20(15-27)30-25)23-14-21(8-9-24(23)34-18)32(26(28)33)13-10-19-6-4-3-5-7-19;3-2(4,5)1(6)7/h3-9,14,16H,10-13,17H2,1-2H3,(H2,28,33)(H,29,30);(H,6,7). The van der Waals surface area contributed by atoms with Gasteiger partial charge in [-0.3, -0.25) is 9.80 Å². The molecule has 2 aromatic carbocycles. The Labute approximate surface area is 238 Å². The van der Waals surface area contributed by atoms with E-state index in [1.807, 2.05) is 31.3 Å². The van der Waals surface area contributed by atoms with Crippen LogP contribution in [0, 0.1) is 18.3 Å². The molecular weight excluding hydrogens is 557 g/mol. The highest BCUT2D eigenvalue weighted by Crippen LogP contribution is 2.34. The van der Waals surface area contributed by atoms with Crippen LogP contribution in [0.1, 0.15) is 27.5 Å². The summed E-state index contributed by atoms with van der Waals surface area (Å²) < 4.78 is 32.9. The third-order valence-electron chi connectivity index (χ3n) is 6.18. The van der Waals surface area contributed by atoms with Crippen LogP contribution in [0.5, 0.6) is 0 Å². The van der Waals surface area contributed by atoms with E-state index in [0.29, 0.717) is 18.8 Å². The Bertz CT molecular complexity index is 1530. The van der Waals surface area contributed by atoms with Gasteiger partial charge in [0.1, 0.15) is 17.6 Å². The van der Waals surface area contributed by atoms with Gasteiger partial charge in [-0.2, -0.15) is 18.4 Å². The molecular formula is C28H29F3N6O3S. The van der Waals surface area contributed by atoms with E-state index >= 15 is 0 Å². The first-order valence-corrected chi connectivity index (χ1v) is 13.3. The van der Waals surface area contributed by atoms with E-state index in [-0.39, 0.29) is 0 Å². The number of rotatable bonds is 9. The number of halogens is 3. The molecule has 2 amide bonds. The highest BCUT2D eigenvalue weighted by atomic mass is 32.1. The first-order valence-electron chi connectivity index (χ1n) is 12.4. The number of fused-ring (bicyclic) bond motifs is 1. The lowest BCUT2D eigenvalue weighted by atomic mass is 10.1. The summed E-state index contributed by atoms with van der Waals surface area (Å²) in [7, 11) is 2.04. The number of carboxylic acid groups (broad SMARTS) is 1. The summed E-state index contributed by atoms with van der Waals surface area (Å²) >= 11 is 1.77. The average molecular weight is 587 g/mol. The van der Waals surface area contributed by atoms with Gasteiger partial charge in [0, 0.05) is 28.4 Å². The molecule has 216 valence electrons. The number of carbonyl (C=O) groups excluding carboxylic acids is 1. The van der Waals surface area contributed by atoms with Gasteiger partial charge in [0.25, 0.3) is 0 Å². The molecule has 2 aromatic heterocycles. The Hall–Kier alpha value is -4.41. The molecule has 0 radical (unpaired) electrons. The maximum atomic E-state index is 12.3. The number of nitrogens with one attached hydrogen (secondary N) is 1. The number of nitrogens with two attached hydrogens (primary N) is 1. The van der Waals surface area contributed by atoms with Crippen molar-refractivity contribution in [3.05, 3.63) is 82.3 Å². The summed E-state index contributed by atoms with van der Waals surface area (Å²) in [6.07, 6.45) is -1.91. The Morgan fingerprint density at radius 1 is 1.15 bits per heavy atom. The monoisotopic (exact) mass is 586 g/mol. The Kier molecular flexibility index (Phi) is 10.5. The number of H-pyrrole nitrogens is 1. The molecule has 4 N–H and O–H groups in total. The quantitative estimate of drug-likeness (QED) is 0.245. The van der Waals surface area contributed by atoms with E-state index in [9.17, 15) is 18.0 Å². The molecule has 13 heteroatoms. The number of imidazole rings is 1. The number of aromatic nitrogens is 2. The van der Waals surface area contributed by atoms with Crippen molar-refractivity contribution in [1.29, 1.82) is 5.26 Å². The van der Waals surface area contributed by atoms with Crippen LogP contribution < -0.4 is 10.6 Å². The summed E-state index contributed by atoms with van der Waals surface area (Å²) in [4.78, 5) is 33.6. The molecule has 0 atom stereocenters. The molecule has 0 unspecified atom stereocenters. The number of primary amides is 1. The zero-order valence-corrected chi connectivity index (χ0v) is 23.2. The molecule has 0 saturated heterocycles. The van der Waals surface area contributed by atoms with Crippen LogP contribution in [0.25, 0.3) is 10.1 Å². The Morgan fingerprint density at radius 2 is 1.83 bits per heavy atom. The second-order valence-corrected chi connectivity index (χ2v) is 10.4. The summed E-state index contributed by atoms with van der Waals surface area (Å²) in [5.74, 6) is -1.98. The number of hydrogen-bond donors (Lipinski definition) is 3. The number of hydrogen-bond acceptors (Lipinski definition) is 6. The molecule has 0 aliphatic rings. The van der Waals surface area contributed by atoms with Gasteiger partial charge >= 0.3 is 18.2 Å². The minimum Gasteiger partial charge on any atom is -0.475 e. The van der Waals surface area contributed by atoms with E-state index in [4.69, 9.17) is 20.9 Å². The van der Waals surface area contributed by atoms with Gasteiger partial charge in [0.15, 0.2) is 0 Å². The summed E-state index contributed by atoms with van der Waals surface area (Å²) in [5, 5.41) is 17.3. The van der Waals surface area contributed by atoms with Gasteiger partial charge in [0.2, 0.25) is 0 Å². The van der Waals surface area contributed by atoms with E-state index in [1.54, 1.807) is 22.4 Å². The fourth-order valence-corrected chi connectivity index (χ4v) is 5.22. The maximum Gasteiger partial charge on any atom is 0.490 e. The molecule has 0 spiro atoms. The smallest absolute Gasteiger partial charge is 0.475 e. The van der Waals surface area contributed by atoms with Crippen molar-refractivity contribution >= 4 is 39.1 Å². The fraction of sp³-hybridized carbons (Fsp3) is 0.286. The number of nitrogens with zero attached hydrogens (tertiary/aromatic N) is 4. The zero-order valence-electron chi connectivity index (χ0n) is 22.4. The highest BCUT2D eigenvalue weighted by molar-refractivity contribution is 7.19. The molecule has 4 aromatic rings. The number of anilines is 1. The lowest BCUT2D eigenvalue weighted by molar-refractivity contribution is -0.192. The number of carboxylic acids is 1. The van der Waals surface area contributed by atoms with Gasteiger partial charge in [0.05, 0.1) is 12.7 Å². The van der Waals surface area contributed by atoms with Crippen molar-refractivity contribution in [3.8, 4) is 6.07 Å². The molecule has 0 saturated carbocycles. The number of aliphatic carboxylic acids is 1. The Morgan fingerprint density at radius 3 is 2.41 bits per heavy atom. The van der Waals surface area contributed by atoms with Crippen LogP contribution in [0.15, 0.2) is 54.7 Å². The second-order valence-electron chi connectivity index (χ2n) is 9.19. The number of aryl methyl sites for hydroxylation is 1. The number of carbonyl (C=O) groups is 2. The minimum absolute atomic E-state index is 0.446. The summed E-state index contributed by atoms with van der Waals surface area (Å²) in [6.45, 7) is 4.16. The van der Waals surface area contributed by atoms with Gasteiger partial charge < -0.3 is 15.8 Å². The zero-order chi connectivity index (χ0) is 30.2. The van der Waals surface area contributed by atoms with Gasteiger partial charge in [-0.1, -0.05) is 30.3 Å². The van der Waals surface area contributed by atoms with Gasteiger partial charge in [-0.25, -0.2) is 14.6 Å². The van der Waals surface area contributed by atoms with Crippen molar-refractivity contribution in [1.82, 2.24) is 14.9 Å². The first-order chi connectivity index (χ1) is 19.4. The van der Waals surface area contributed by atoms with Crippen molar-refractivity contribution in [2.75, 3.05) is 25.0 Å². The number of aromatic amines is 1. The lowest BCUT2D eigenvalue weighted by Gasteiger charge is -2.21. The number of urea groups is 1. The van der Waals surface area contributed by atoms with Crippen molar-refractivity contribution in [2.24, 2.45) is 5.73 Å². The van der Waals surface area contributed by atoms with Crippen LogP contribution >= 0.6 is 11.3 Å². The number of amides is 2. The van der Waals surface area contributed by atoms with Crippen LogP contribution in [0.4, 0.5) is 23.7 Å². The van der Waals surface area contributed by atoms with Gasteiger partial charge in [-0.05, 0) is 61.5 Å². The molecule has 0 bridgehead atoms. The van der Waals surface area contributed by atoms with Crippen molar-refractivity contribution in [3.63, 3.8) is 0 Å². The predicted molar refractivity (Wildman–Crippen MR) is 151 cm³/mol. The topological polar surface area (TPSA) is 139 Å². The van der Waals surface area contributed by atoms with Gasteiger partial charge in [-0.15, -0.1) is 11.3 Å².